The molecule has 0 bridgehead atoms. The van der Waals surface area contributed by atoms with Crippen LogP contribution < -0.4 is 10.6 Å². The fourth-order valence-corrected chi connectivity index (χ4v) is 5.46. The lowest BCUT2D eigenvalue weighted by molar-refractivity contribution is 0.141. The summed E-state index contributed by atoms with van der Waals surface area (Å²) < 4.78 is 12.1. The van der Waals surface area contributed by atoms with Crippen LogP contribution in [0.4, 0.5) is 0 Å². The monoisotopic (exact) mass is 498 g/mol. The zero-order valence-electron chi connectivity index (χ0n) is 17.0. The fourth-order valence-electron chi connectivity index (χ4n) is 4.11. The fraction of sp³-hybridized carbons (Fsp3) is 0.947. The maximum Gasteiger partial charge on any atom is 0.191 e. The van der Waals surface area contributed by atoms with Gasteiger partial charge in [0.1, 0.15) is 0 Å². The Hall–Kier alpha value is 0.110. The van der Waals surface area contributed by atoms with E-state index < -0.39 is 10.8 Å². The first kappa shape index (κ1) is 24.1. The first-order chi connectivity index (χ1) is 12.0. The van der Waals surface area contributed by atoms with Crippen molar-refractivity contribution in [1.82, 2.24) is 15.5 Å². The lowest BCUT2D eigenvalue weighted by atomic mass is 9.95. The largest absolute Gasteiger partial charge is 0.356 e. The Morgan fingerprint density at radius 1 is 1.27 bits per heavy atom. The van der Waals surface area contributed by atoms with Crippen molar-refractivity contribution >= 4 is 40.7 Å². The van der Waals surface area contributed by atoms with Crippen LogP contribution in [-0.2, 0) is 10.8 Å². The summed E-state index contributed by atoms with van der Waals surface area (Å²) in [7, 11) is 1.18. The molecule has 1 aliphatic heterocycles. The third-order valence-corrected chi connectivity index (χ3v) is 7.43. The second-order valence-corrected chi connectivity index (χ2v) is 9.85. The zero-order chi connectivity index (χ0) is 18.2. The Morgan fingerprint density at radius 2 is 2.04 bits per heavy atom. The van der Waals surface area contributed by atoms with E-state index in [4.69, 9.17) is 0 Å². The van der Waals surface area contributed by atoms with Crippen LogP contribution in [-0.4, -0.2) is 64.8 Å². The SMILES string of the molecule is CCS(=O)C1CCCC(NC(=NC)NCC2CCCN(C(C)C)C2)C1.I. The normalized spacial score (nSPS) is 29.1. The second kappa shape index (κ2) is 12.5. The molecule has 7 heteroatoms. The highest BCUT2D eigenvalue weighted by atomic mass is 127. The van der Waals surface area contributed by atoms with E-state index >= 15 is 0 Å². The lowest BCUT2D eigenvalue weighted by Gasteiger charge is -2.36. The molecule has 0 aromatic rings. The van der Waals surface area contributed by atoms with Crippen LogP contribution >= 0.6 is 24.0 Å². The van der Waals surface area contributed by atoms with Crippen molar-refractivity contribution in [1.29, 1.82) is 0 Å². The molecule has 26 heavy (non-hydrogen) atoms. The predicted octanol–water partition coefficient (Wildman–Crippen LogP) is 2.97. The molecule has 2 aliphatic rings. The summed E-state index contributed by atoms with van der Waals surface area (Å²) in [4.78, 5) is 7.00. The van der Waals surface area contributed by atoms with E-state index in [-0.39, 0.29) is 24.0 Å². The first-order valence-electron chi connectivity index (χ1n) is 10.1. The molecule has 0 aromatic carbocycles. The highest BCUT2D eigenvalue weighted by molar-refractivity contribution is 14.0. The molecule has 5 nitrogen and oxygen atoms in total. The van der Waals surface area contributed by atoms with Gasteiger partial charge in [0.05, 0.1) is 0 Å². The molecule has 0 radical (unpaired) electrons. The molecule has 1 aliphatic carbocycles. The second-order valence-electron chi connectivity index (χ2n) is 7.85. The van der Waals surface area contributed by atoms with Crippen LogP contribution in [0, 0.1) is 5.92 Å². The summed E-state index contributed by atoms with van der Waals surface area (Å²) in [5.41, 5.74) is 0. The van der Waals surface area contributed by atoms with Gasteiger partial charge in [-0.3, -0.25) is 9.20 Å². The molecule has 0 spiro atoms. The summed E-state index contributed by atoms with van der Waals surface area (Å²) in [5, 5.41) is 7.47. The molecule has 1 saturated carbocycles. The third-order valence-electron chi connectivity index (χ3n) is 5.69. The average Bonchev–Trinajstić information content (AvgIpc) is 2.64. The van der Waals surface area contributed by atoms with Crippen LogP contribution in [0.2, 0.25) is 0 Å². The molecule has 4 atom stereocenters. The molecule has 0 aromatic heterocycles. The van der Waals surface area contributed by atoms with Crippen LogP contribution in [0.5, 0.6) is 0 Å². The topological polar surface area (TPSA) is 56.7 Å². The Balaban J connectivity index is 0.00000338. The smallest absolute Gasteiger partial charge is 0.191 e. The van der Waals surface area contributed by atoms with Crippen molar-refractivity contribution in [3.8, 4) is 0 Å². The van der Waals surface area contributed by atoms with Gasteiger partial charge in [-0.1, -0.05) is 13.3 Å². The van der Waals surface area contributed by atoms with Crippen molar-refractivity contribution in [3.05, 3.63) is 0 Å². The van der Waals surface area contributed by atoms with Crippen LogP contribution in [0.25, 0.3) is 0 Å². The molecule has 1 saturated heterocycles. The highest BCUT2D eigenvalue weighted by Crippen LogP contribution is 2.23. The van der Waals surface area contributed by atoms with E-state index in [1.54, 1.807) is 0 Å². The quantitative estimate of drug-likeness (QED) is 0.336. The maximum absolute atomic E-state index is 12.1. The minimum absolute atomic E-state index is 0. The number of hydrogen-bond acceptors (Lipinski definition) is 3. The number of aliphatic imine (C=N–C) groups is 1. The van der Waals surface area contributed by atoms with E-state index in [0.29, 0.717) is 23.3 Å². The predicted molar refractivity (Wildman–Crippen MR) is 124 cm³/mol. The number of nitrogens with one attached hydrogen (secondary N) is 2. The van der Waals surface area contributed by atoms with Crippen molar-refractivity contribution in [2.45, 2.75) is 76.6 Å². The van der Waals surface area contributed by atoms with Gasteiger partial charge in [0.15, 0.2) is 5.96 Å². The van der Waals surface area contributed by atoms with Crippen LogP contribution in [0.3, 0.4) is 0 Å². The molecule has 4 unspecified atom stereocenters. The Morgan fingerprint density at radius 3 is 2.69 bits per heavy atom. The third kappa shape index (κ3) is 7.62. The number of piperidine rings is 1. The van der Waals surface area contributed by atoms with Gasteiger partial charge in [0, 0.05) is 54.0 Å². The van der Waals surface area contributed by atoms with E-state index in [0.717, 1.165) is 43.9 Å². The van der Waals surface area contributed by atoms with E-state index in [2.05, 4.69) is 34.4 Å². The molecule has 0 amide bonds. The van der Waals surface area contributed by atoms with Gasteiger partial charge in [-0.15, -0.1) is 24.0 Å². The van der Waals surface area contributed by atoms with Gasteiger partial charge < -0.3 is 15.5 Å². The van der Waals surface area contributed by atoms with Gasteiger partial charge in [-0.05, 0) is 58.4 Å². The van der Waals surface area contributed by atoms with Gasteiger partial charge in [0.25, 0.3) is 0 Å². The van der Waals surface area contributed by atoms with Crippen LogP contribution in [0.15, 0.2) is 4.99 Å². The summed E-state index contributed by atoms with van der Waals surface area (Å²) >= 11 is 0. The summed E-state index contributed by atoms with van der Waals surface area (Å²) in [6.07, 6.45) is 7.03. The van der Waals surface area contributed by atoms with E-state index in [1.807, 2.05) is 14.0 Å². The lowest BCUT2D eigenvalue weighted by Crippen LogP contribution is -2.49. The van der Waals surface area contributed by atoms with Crippen molar-refractivity contribution < 1.29 is 4.21 Å². The number of rotatable bonds is 6. The van der Waals surface area contributed by atoms with Gasteiger partial charge >= 0.3 is 0 Å². The zero-order valence-corrected chi connectivity index (χ0v) is 20.1. The Kier molecular flexibility index (Phi) is 11.7. The Labute approximate surface area is 180 Å². The van der Waals surface area contributed by atoms with Crippen molar-refractivity contribution in [2.24, 2.45) is 10.9 Å². The number of guanidine groups is 1. The van der Waals surface area contributed by atoms with E-state index in [1.165, 1.54) is 25.9 Å². The first-order valence-corrected chi connectivity index (χ1v) is 11.5. The van der Waals surface area contributed by atoms with Crippen LogP contribution in [0.1, 0.15) is 59.3 Å². The number of hydrogen-bond donors (Lipinski definition) is 2. The van der Waals surface area contributed by atoms with E-state index in [9.17, 15) is 4.21 Å². The number of likely N-dealkylation sites (tertiary alicyclic amines) is 1. The number of halogens is 1. The molecule has 2 fully saturated rings. The van der Waals surface area contributed by atoms with Crippen molar-refractivity contribution in [3.63, 3.8) is 0 Å². The Bertz CT molecular complexity index is 461. The molecular formula is C19H39IN4OS. The minimum Gasteiger partial charge on any atom is -0.356 e. The summed E-state index contributed by atoms with van der Waals surface area (Å²) in [6.45, 7) is 10.0. The molecule has 1 heterocycles. The van der Waals surface area contributed by atoms with Crippen molar-refractivity contribution in [2.75, 3.05) is 32.4 Å². The molecular weight excluding hydrogens is 459 g/mol. The van der Waals surface area contributed by atoms with Gasteiger partial charge in [-0.25, -0.2) is 0 Å². The maximum atomic E-state index is 12.1. The molecule has 2 rings (SSSR count). The minimum atomic E-state index is -0.673. The molecule has 154 valence electrons. The summed E-state index contributed by atoms with van der Waals surface area (Å²) in [6, 6.07) is 1.04. The average molecular weight is 499 g/mol. The molecule has 2 N–H and O–H groups in total. The highest BCUT2D eigenvalue weighted by Gasteiger charge is 2.26. The van der Waals surface area contributed by atoms with Gasteiger partial charge in [-0.2, -0.15) is 0 Å². The standard InChI is InChI=1S/C19H38N4OS.HI/c1-5-25(24)18-10-6-9-17(12-18)22-19(20-4)21-13-16-8-7-11-23(14-16)15(2)3;/h15-18H,5-14H2,1-4H3,(H2,20,21,22);1H. The van der Waals surface area contributed by atoms with Gasteiger partial charge in [0.2, 0.25) is 0 Å². The number of nitrogens with zero attached hydrogens (tertiary/aromatic N) is 2. The summed E-state index contributed by atoms with van der Waals surface area (Å²) in [5.74, 6) is 2.38.